The molecule has 6 heteroatoms. The summed E-state index contributed by atoms with van der Waals surface area (Å²) in [4.78, 5) is 0. The van der Waals surface area contributed by atoms with Crippen molar-refractivity contribution >= 4 is 22.4 Å². The van der Waals surface area contributed by atoms with Gasteiger partial charge in [-0.15, -0.1) is 0 Å². The first kappa shape index (κ1) is 13.7. The second-order valence-corrected chi connectivity index (χ2v) is 4.91. The average Bonchev–Trinajstić information content (AvgIpc) is 2.63. The van der Waals surface area contributed by atoms with Crippen LogP contribution in [0.25, 0.3) is 0 Å². The lowest BCUT2D eigenvalue weighted by Crippen LogP contribution is -2.08. The van der Waals surface area contributed by atoms with Gasteiger partial charge >= 0.3 is 0 Å². The van der Waals surface area contributed by atoms with E-state index in [0.29, 0.717) is 17.3 Å². The second-order valence-electron chi connectivity index (χ2n) is 4.13. The van der Waals surface area contributed by atoms with Gasteiger partial charge < -0.3 is 15.8 Å². The van der Waals surface area contributed by atoms with Crippen molar-refractivity contribution in [3.05, 3.63) is 5.56 Å². The number of aromatic nitrogens is 1. The van der Waals surface area contributed by atoms with Crippen LogP contribution in [-0.4, -0.2) is 24.1 Å². The van der Waals surface area contributed by atoms with Crippen LogP contribution in [0.4, 0.5) is 10.8 Å². The summed E-state index contributed by atoms with van der Waals surface area (Å²) >= 11 is 1.22. The lowest BCUT2D eigenvalue weighted by atomic mass is 10.2. The maximum Gasteiger partial charge on any atom is 0.157 e. The fraction of sp³-hybridized carbons (Fsp3) is 0.636. The molecule has 0 spiro atoms. The van der Waals surface area contributed by atoms with Crippen molar-refractivity contribution in [2.75, 3.05) is 30.8 Å². The van der Waals surface area contributed by atoms with Crippen LogP contribution in [0.1, 0.15) is 25.8 Å². The van der Waals surface area contributed by atoms with Crippen molar-refractivity contribution in [1.82, 2.24) is 4.37 Å². The molecule has 0 saturated carbocycles. The molecule has 94 valence electrons. The Hall–Kier alpha value is -1.32. The Kier molecular flexibility index (Phi) is 5.73. The third-order valence-corrected chi connectivity index (χ3v) is 2.85. The minimum atomic E-state index is 0.302. The molecule has 0 fully saturated rings. The fourth-order valence-electron chi connectivity index (χ4n) is 1.23. The summed E-state index contributed by atoms with van der Waals surface area (Å²) in [5.74, 6) is 0.866. The highest BCUT2D eigenvalue weighted by Gasteiger charge is 2.09. The normalized spacial score (nSPS) is 10.5. The maximum absolute atomic E-state index is 8.86. The summed E-state index contributed by atoms with van der Waals surface area (Å²) in [6.07, 6.45) is 0.898. The van der Waals surface area contributed by atoms with Crippen LogP contribution in [0.5, 0.6) is 0 Å². The lowest BCUT2D eigenvalue weighted by Gasteiger charge is -2.07. The van der Waals surface area contributed by atoms with Crippen molar-refractivity contribution in [3.63, 3.8) is 0 Å². The predicted octanol–water partition coefficient (Wildman–Crippen LogP) is 2.07. The number of hydrogen-bond donors (Lipinski definition) is 2. The molecule has 0 bridgehead atoms. The maximum atomic E-state index is 8.86. The van der Waals surface area contributed by atoms with Gasteiger partial charge in [0, 0.05) is 19.8 Å². The predicted molar refractivity (Wildman–Crippen MR) is 70.0 cm³/mol. The fourth-order valence-corrected chi connectivity index (χ4v) is 1.92. The van der Waals surface area contributed by atoms with Crippen LogP contribution >= 0.6 is 11.5 Å². The molecule has 0 aliphatic carbocycles. The highest BCUT2D eigenvalue weighted by molar-refractivity contribution is 7.10. The van der Waals surface area contributed by atoms with Crippen molar-refractivity contribution in [2.45, 2.75) is 20.3 Å². The van der Waals surface area contributed by atoms with Gasteiger partial charge in [-0.05, 0) is 23.9 Å². The first-order valence-electron chi connectivity index (χ1n) is 5.62. The highest BCUT2D eigenvalue weighted by atomic mass is 32.1. The number of rotatable bonds is 7. The van der Waals surface area contributed by atoms with Gasteiger partial charge in [-0.3, -0.25) is 0 Å². The van der Waals surface area contributed by atoms with Crippen LogP contribution in [0.2, 0.25) is 0 Å². The molecule has 17 heavy (non-hydrogen) atoms. The molecule has 1 aromatic heterocycles. The van der Waals surface area contributed by atoms with E-state index in [1.165, 1.54) is 11.5 Å². The van der Waals surface area contributed by atoms with Gasteiger partial charge in [-0.2, -0.15) is 9.64 Å². The van der Waals surface area contributed by atoms with E-state index in [1.807, 2.05) is 6.07 Å². The molecular weight excluding hydrogens is 236 g/mol. The molecule has 0 saturated heterocycles. The molecule has 0 aliphatic rings. The quantitative estimate of drug-likeness (QED) is 0.728. The highest BCUT2D eigenvalue weighted by Crippen LogP contribution is 2.25. The number of anilines is 2. The Morgan fingerprint density at radius 2 is 2.35 bits per heavy atom. The number of nitrogen functional groups attached to an aromatic ring is 1. The lowest BCUT2D eigenvalue weighted by molar-refractivity contribution is 0.110. The summed E-state index contributed by atoms with van der Waals surface area (Å²) in [5.41, 5.74) is 5.99. The van der Waals surface area contributed by atoms with Gasteiger partial charge in [-0.1, -0.05) is 13.8 Å². The van der Waals surface area contributed by atoms with Crippen molar-refractivity contribution in [2.24, 2.45) is 5.92 Å². The molecule has 3 N–H and O–H groups in total. The smallest absolute Gasteiger partial charge is 0.157 e. The first-order chi connectivity index (χ1) is 8.15. The van der Waals surface area contributed by atoms with E-state index < -0.39 is 0 Å². The van der Waals surface area contributed by atoms with E-state index in [0.717, 1.165) is 31.2 Å². The van der Waals surface area contributed by atoms with Gasteiger partial charge in [0.1, 0.15) is 16.6 Å². The minimum Gasteiger partial charge on any atom is -0.382 e. The largest absolute Gasteiger partial charge is 0.382 e. The zero-order valence-corrected chi connectivity index (χ0v) is 11.0. The Balaban J connectivity index is 2.21. The molecule has 0 atom stereocenters. The number of ether oxygens (including phenoxy) is 1. The molecule has 5 nitrogen and oxygen atoms in total. The average molecular weight is 254 g/mol. The van der Waals surface area contributed by atoms with E-state index in [4.69, 9.17) is 15.7 Å². The summed E-state index contributed by atoms with van der Waals surface area (Å²) in [5, 5.41) is 12.8. The molecule has 0 amide bonds. The van der Waals surface area contributed by atoms with E-state index in [2.05, 4.69) is 23.5 Å². The first-order valence-corrected chi connectivity index (χ1v) is 6.39. The molecular formula is C11H18N4OS. The standard InChI is InChI=1S/C11H18N4OS/c1-8(2)7-16-5-3-4-14-11-9(6-12)10(13)15-17-11/h8,14H,3-5,7H2,1-2H3,(H2,13,15). The SMILES string of the molecule is CC(C)COCCCNc1snc(N)c1C#N. The Labute approximate surface area is 106 Å². The van der Waals surface area contributed by atoms with Crippen LogP contribution in [0.15, 0.2) is 0 Å². The summed E-state index contributed by atoms with van der Waals surface area (Å²) in [6.45, 7) is 6.52. The molecule has 0 unspecified atom stereocenters. The van der Waals surface area contributed by atoms with Crippen molar-refractivity contribution in [1.29, 1.82) is 5.26 Å². The third kappa shape index (κ3) is 4.59. The number of nitriles is 1. The molecule has 0 radical (unpaired) electrons. The number of nitrogens with one attached hydrogen (secondary N) is 1. The van der Waals surface area contributed by atoms with Crippen LogP contribution in [0, 0.1) is 17.2 Å². The summed E-state index contributed by atoms with van der Waals surface area (Å²) < 4.78 is 9.38. The summed E-state index contributed by atoms with van der Waals surface area (Å²) in [6, 6.07) is 2.04. The van der Waals surface area contributed by atoms with E-state index in [-0.39, 0.29) is 0 Å². The third-order valence-electron chi connectivity index (χ3n) is 2.03. The number of hydrogen-bond acceptors (Lipinski definition) is 6. The molecule has 1 heterocycles. The number of nitrogens with zero attached hydrogens (tertiary/aromatic N) is 2. The minimum absolute atomic E-state index is 0.302. The zero-order chi connectivity index (χ0) is 12.7. The van der Waals surface area contributed by atoms with Gasteiger partial charge in [0.25, 0.3) is 0 Å². The van der Waals surface area contributed by atoms with Crippen molar-refractivity contribution < 1.29 is 4.74 Å². The van der Waals surface area contributed by atoms with Crippen molar-refractivity contribution in [3.8, 4) is 6.07 Å². The monoisotopic (exact) mass is 254 g/mol. The van der Waals surface area contributed by atoms with Crippen LogP contribution in [-0.2, 0) is 4.74 Å². The Morgan fingerprint density at radius 1 is 1.59 bits per heavy atom. The van der Waals surface area contributed by atoms with Gasteiger partial charge in [0.15, 0.2) is 5.82 Å². The molecule has 1 aromatic rings. The summed E-state index contributed by atoms with van der Waals surface area (Å²) in [7, 11) is 0. The second kappa shape index (κ2) is 7.09. The van der Waals surface area contributed by atoms with Gasteiger partial charge in [0.05, 0.1) is 0 Å². The van der Waals surface area contributed by atoms with E-state index in [9.17, 15) is 0 Å². The number of nitrogens with two attached hydrogens (primary N) is 1. The Morgan fingerprint density at radius 3 is 3.00 bits per heavy atom. The zero-order valence-electron chi connectivity index (χ0n) is 10.2. The topological polar surface area (TPSA) is 84.0 Å². The van der Waals surface area contributed by atoms with Gasteiger partial charge in [-0.25, -0.2) is 0 Å². The van der Waals surface area contributed by atoms with E-state index in [1.54, 1.807) is 0 Å². The Bertz CT molecular complexity index is 383. The molecule has 1 rings (SSSR count). The van der Waals surface area contributed by atoms with E-state index >= 15 is 0 Å². The van der Waals surface area contributed by atoms with Gasteiger partial charge in [0.2, 0.25) is 0 Å². The molecule has 0 aliphatic heterocycles. The molecule has 0 aromatic carbocycles. The van der Waals surface area contributed by atoms with Crippen LogP contribution < -0.4 is 11.1 Å². The van der Waals surface area contributed by atoms with Crippen LogP contribution in [0.3, 0.4) is 0 Å².